The number of rotatable bonds is 5. The van der Waals surface area contributed by atoms with Crippen LogP contribution in [-0.4, -0.2) is 56.1 Å². The molecule has 2 N–H and O–H groups in total. The molecule has 1 amide bonds. The highest BCUT2D eigenvalue weighted by molar-refractivity contribution is 14.0. The molecule has 6 nitrogen and oxygen atoms in total. The minimum absolute atomic E-state index is 0. The first-order valence-electron chi connectivity index (χ1n) is 12.1. The summed E-state index contributed by atoms with van der Waals surface area (Å²) in [5, 5.41) is 7.08. The van der Waals surface area contributed by atoms with Crippen molar-refractivity contribution in [3.05, 3.63) is 35.4 Å². The summed E-state index contributed by atoms with van der Waals surface area (Å²) in [5.74, 6) is 1.87. The summed E-state index contributed by atoms with van der Waals surface area (Å²) in [6, 6.07) is 8.99. The van der Waals surface area contributed by atoms with Gasteiger partial charge in [0.05, 0.1) is 6.10 Å². The van der Waals surface area contributed by atoms with E-state index in [0.29, 0.717) is 11.8 Å². The number of ether oxygens (including phenoxy) is 1. The first kappa shape index (κ1) is 25.3. The first-order chi connectivity index (χ1) is 15.1. The molecule has 1 aliphatic carbocycles. The van der Waals surface area contributed by atoms with Crippen LogP contribution < -0.4 is 10.6 Å². The van der Waals surface area contributed by atoms with Crippen molar-refractivity contribution in [2.45, 2.75) is 64.0 Å². The SMILES string of the molecule is CN=C(NCC1CCCOC1c1ccc(C)cc1)NC1CCN(C(=O)C2CCCC2)C1.I. The third kappa shape index (κ3) is 6.37. The van der Waals surface area contributed by atoms with Gasteiger partial charge in [-0.15, -0.1) is 24.0 Å². The van der Waals surface area contributed by atoms with Crippen LogP contribution in [0.2, 0.25) is 0 Å². The monoisotopic (exact) mass is 554 g/mol. The molecular formula is C25H39IN4O2. The fourth-order valence-corrected chi connectivity index (χ4v) is 5.30. The molecule has 3 aliphatic rings. The van der Waals surface area contributed by atoms with Gasteiger partial charge in [-0.3, -0.25) is 9.79 Å². The highest BCUT2D eigenvalue weighted by atomic mass is 127. The van der Waals surface area contributed by atoms with Crippen LogP contribution in [0.1, 0.15) is 62.2 Å². The van der Waals surface area contributed by atoms with E-state index in [1.165, 1.54) is 24.0 Å². The number of likely N-dealkylation sites (tertiary alicyclic amines) is 1. The van der Waals surface area contributed by atoms with Gasteiger partial charge in [-0.2, -0.15) is 0 Å². The van der Waals surface area contributed by atoms with E-state index in [-0.39, 0.29) is 42.0 Å². The number of hydrogen-bond donors (Lipinski definition) is 2. The first-order valence-corrected chi connectivity index (χ1v) is 12.1. The maximum atomic E-state index is 12.7. The van der Waals surface area contributed by atoms with Crippen molar-refractivity contribution in [1.29, 1.82) is 0 Å². The van der Waals surface area contributed by atoms with E-state index >= 15 is 0 Å². The second-order valence-corrected chi connectivity index (χ2v) is 9.45. The number of hydrogen-bond acceptors (Lipinski definition) is 3. The van der Waals surface area contributed by atoms with Gasteiger partial charge < -0.3 is 20.3 Å². The van der Waals surface area contributed by atoms with Crippen molar-refractivity contribution in [1.82, 2.24) is 15.5 Å². The number of guanidine groups is 1. The Morgan fingerprint density at radius 3 is 2.59 bits per heavy atom. The van der Waals surface area contributed by atoms with Gasteiger partial charge >= 0.3 is 0 Å². The minimum atomic E-state index is 0. The van der Waals surface area contributed by atoms with Gasteiger partial charge in [0, 0.05) is 51.2 Å². The molecule has 178 valence electrons. The summed E-state index contributed by atoms with van der Waals surface area (Å²) >= 11 is 0. The summed E-state index contributed by atoms with van der Waals surface area (Å²) in [6.07, 6.45) is 7.92. The lowest BCUT2D eigenvalue weighted by molar-refractivity contribution is -0.134. The third-order valence-corrected chi connectivity index (χ3v) is 7.15. The van der Waals surface area contributed by atoms with Crippen LogP contribution >= 0.6 is 24.0 Å². The lowest BCUT2D eigenvalue weighted by atomic mass is 9.89. The molecule has 1 aromatic carbocycles. The second kappa shape index (κ2) is 12.2. The van der Waals surface area contributed by atoms with Gasteiger partial charge in [-0.1, -0.05) is 42.7 Å². The fourth-order valence-electron chi connectivity index (χ4n) is 5.30. The number of carbonyl (C=O) groups is 1. The topological polar surface area (TPSA) is 66.0 Å². The molecule has 0 spiro atoms. The molecule has 2 saturated heterocycles. The quantitative estimate of drug-likeness (QED) is 0.328. The van der Waals surface area contributed by atoms with Gasteiger partial charge in [0.25, 0.3) is 0 Å². The summed E-state index contributed by atoms with van der Waals surface area (Å²) in [6.45, 7) is 5.42. The zero-order chi connectivity index (χ0) is 21.6. The van der Waals surface area contributed by atoms with E-state index < -0.39 is 0 Å². The Morgan fingerprint density at radius 2 is 1.88 bits per heavy atom. The predicted molar refractivity (Wildman–Crippen MR) is 139 cm³/mol. The molecule has 2 aliphatic heterocycles. The number of halogens is 1. The molecule has 7 heteroatoms. The van der Waals surface area contributed by atoms with Crippen molar-refractivity contribution in [2.75, 3.05) is 33.3 Å². The highest BCUT2D eigenvalue weighted by Crippen LogP contribution is 2.33. The molecule has 1 saturated carbocycles. The number of aliphatic imine (C=N–C) groups is 1. The molecule has 0 aromatic heterocycles. The average Bonchev–Trinajstić information content (AvgIpc) is 3.49. The van der Waals surface area contributed by atoms with Crippen molar-refractivity contribution < 1.29 is 9.53 Å². The molecular weight excluding hydrogens is 515 g/mol. The predicted octanol–water partition coefficient (Wildman–Crippen LogP) is 4.04. The van der Waals surface area contributed by atoms with Gasteiger partial charge in [0.2, 0.25) is 5.91 Å². The summed E-state index contributed by atoms with van der Waals surface area (Å²) < 4.78 is 6.16. The van der Waals surface area contributed by atoms with Crippen LogP contribution in [0.15, 0.2) is 29.3 Å². The Morgan fingerprint density at radius 1 is 1.12 bits per heavy atom. The zero-order valence-corrected chi connectivity index (χ0v) is 21.8. The Hall–Kier alpha value is -1.35. The lowest BCUT2D eigenvalue weighted by Gasteiger charge is -2.33. The van der Waals surface area contributed by atoms with Crippen LogP contribution in [0, 0.1) is 18.8 Å². The standard InChI is InChI=1S/C25H38N4O2.HI/c1-18-9-11-19(12-10-18)23-21(8-5-15-31-23)16-27-25(26-2)28-22-13-14-29(17-22)24(30)20-6-3-4-7-20;/h9-12,20-23H,3-8,13-17H2,1-2H3,(H2,26,27,28);1H. The van der Waals surface area contributed by atoms with Gasteiger partial charge in [-0.25, -0.2) is 0 Å². The van der Waals surface area contributed by atoms with E-state index in [4.69, 9.17) is 4.74 Å². The normalized spacial score (nSPS) is 26.6. The number of benzene rings is 1. The molecule has 0 radical (unpaired) electrons. The Labute approximate surface area is 210 Å². The third-order valence-electron chi connectivity index (χ3n) is 7.15. The largest absolute Gasteiger partial charge is 0.373 e. The van der Waals surface area contributed by atoms with Crippen molar-refractivity contribution in [2.24, 2.45) is 16.8 Å². The lowest BCUT2D eigenvalue weighted by Crippen LogP contribution is -2.47. The van der Waals surface area contributed by atoms with Crippen LogP contribution in [-0.2, 0) is 9.53 Å². The number of amides is 1. The van der Waals surface area contributed by atoms with Gasteiger partial charge in [0.1, 0.15) is 0 Å². The molecule has 0 bridgehead atoms. The van der Waals surface area contributed by atoms with Gasteiger partial charge in [-0.05, 0) is 44.6 Å². The summed E-state index contributed by atoms with van der Waals surface area (Å²) in [7, 11) is 1.82. The number of carbonyl (C=O) groups excluding carboxylic acids is 1. The maximum absolute atomic E-state index is 12.7. The number of nitrogens with one attached hydrogen (secondary N) is 2. The molecule has 1 aromatic rings. The van der Waals surface area contributed by atoms with E-state index in [1.54, 1.807) is 0 Å². The van der Waals surface area contributed by atoms with E-state index in [1.807, 2.05) is 7.05 Å². The molecule has 32 heavy (non-hydrogen) atoms. The van der Waals surface area contributed by atoms with E-state index in [2.05, 4.69) is 51.7 Å². The molecule has 4 rings (SSSR count). The highest BCUT2D eigenvalue weighted by Gasteiger charge is 2.33. The zero-order valence-electron chi connectivity index (χ0n) is 19.5. The van der Waals surface area contributed by atoms with Crippen molar-refractivity contribution >= 4 is 35.8 Å². The smallest absolute Gasteiger partial charge is 0.225 e. The Bertz CT molecular complexity index is 764. The number of nitrogens with zero attached hydrogens (tertiary/aromatic N) is 2. The Kier molecular flexibility index (Phi) is 9.64. The van der Waals surface area contributed by atoms with E-state index in [0.717, 1.165) is 64.3 Å². The Balaban J connectivity index is 0.00000289. The van der Waals surface area contributed by atoms with Crippen LogP contribution in [0.5, 0.6) is 0 Å². The molecule has 2 heterocycles. The van der Waals surface area contributed by atoms with Crippen molar-refractivity contribution in [3.63, 3.8) is 0 Å². The van der Waals surface area contributed by atoms with Crippen LogP contribution in [0.4, 0.5) is 0 Å². The second-order valence-electron chi connectivity index (χ2n) is 9.45. The summed E-state index contributed by atoms with van der Waals surface area (Å²) in [5.41, 5.74) is 2.53. The number of aryl methyl sites for hydroxylation is 1. The van der Waals surface area contributed by atoms with Crippen LogP contribution in [0.25, 0.3) is 0 Å². The minimum Gasteiger partial charge on any atom is -0.373 e. The molecule has 3 fully saturated rings. The van der Waals surface area contributed by atoms with Gasteiger partial charge in [0.15, 0.2) is 5.96 Å². The van der Waals surface area contributed by atoms with Crippen molar-refractivity contribution in [3.8, 4) is 0 Å². The summed E-state index contributed by atoms with van der Waals surface area (Å²) in [4.78, 5) is 19.2. The maximum Gasteiger partial charge on any atom is 0.225 e. The van der Waals surface area contributed by atoms with Crippen LogP contribution in [0.3, 0.4) is 0 Å². The average molecular weight is 555 g/mol. The van der Waals surface area contributed by atoms with E-state index in [9.17, 15) is 4.79 Å². The molecule has 3 unspecified atom stereocenters. The fraction of sp³-hybridized carbons (Fsp3) is 0.680. The molecule has 3 atom stereocenters.